The van der Waals surface area contributed by atoms with Gasteiger partial charge in [-0.05, 0) is 36.6 Å². The predicted molar refractivity (Wildman–Crippen MR) is 89.5 cm³/mol. The molecule has 0 aliphatic carbocycles. The summed E-state index contributed by atoms with van der Waals surface area (Å²) in [6.07, 6.45) is -7.73. The van der Waals surface area contributed by atoms with Crippen molar-refractivity contribution < 1.29 is 27.9 Å². The smallest absolute Gasteiger partial charge is 0.376 e. The topological polar surface area (TPSA) is 84.6 Å². The number of aliphatic hydroxyl groups is 1. The van der Waals surface area contributed by atoms with Gasteiger partial charge in [-0.3, -0.25) is 9.59 Å². The number of amides is 2. The number of hydrogen-bond acceptors (Lipinski definition) is 4. The number of halogens is 3. The van der Waals surface area contributed by atoms with Crippen molar-refractivity contribution in [2.45, 2.75) is 31.7 Å². The SMILES string of the molecule is C[C@@H]1CN(C(=O)[C@@H](O)C(F)(F)F)CC[C@@H]1N(C)C(=O)c1ccc(C#N)cc1. The van der Waals surface area contributed by atoms with E-state index in [1.54, 1.807) is 26.1 Å². The van der Waals surface area contributed by atoms with Crippen molar-refractivity contribution >= 4 is 11.8 Å². The molecule has 0 bridgehead atoms. The number of piperidine rings is 1. The van der Waals surface area contributed by atoms with Gasteiger partial charge in [0.25, 0.3) is 11.8 Å². The van der Waals surface area contributed by atoms with Crippen LogP contribution in [0, 0.1) is 17.2 Å². The standard InChI is InChI=1S/C18H20F3N3O3/c1-11-10-24(17(27)15(25)18(19,20)21)8-7-14(11)23(2)16(26)13-5-3-12(9-22)4-6-13/h3-6,11,14-15,25H,7-8,10H2,1-2H3/t11-,14+,15-/m1/s1. The maximum Gasteiger partial charge on any atom is 0.423 e. The molecule has 1 saturated heterocycles. The van der Waals surface area contributed by atoms with E-state index in [0.29, 0.717) is 17.5 Å². The quantitative estimate of drug-likeness (QED) is 0.863. The summed E-state index contributed by atoms with van der Waals surface area (Å²) in [6.45, 7) is 1.78. The average Bonchev–Trinajstić information content (AvgIpc) is 2.64. The first-order chi connectivity index (χ1) is 12.6. The van der Waals surface area contributed by atoms with Crippen molar-refractivity contribution in [3.63, 3.8) is 0 Å². The number of aliphatic hydroxyl groups excluding tert-OH is 1. The van der Waals surface area contributed by atoms with E-state index < -0.39 is 18.2 Å². The van der Waals surface area contributed by atoms with Gasteiger partial charge < -0.3 is 14.9 Å². The second kappa shape index (κ2) is 7.96. The molecule has 1 heterocycles. The monoisotopic (exact) mass is 383 g/mol. The Bertz CT molecular complexity index is 743. The molecule has 1 aliphatic heterocycles. The minimum atomic E-state index is -5.00. The summed E-state index contributed by atoms with van der Waals surface area (Å²) in [4.78, 5) is 26.9. The first kappa shape index (κ1) is 20.7. The molecule has 3 atom stereocenters. The van der Waals surface area contributed by atoms with Crippen molar-refractivity contribution in [2.24, 2.45) is 5.92 Å². The molecule has 1 fully saturated rings. The van der Waals surface area contributed by atoms with Gasteiger partial charge in [0, 0.05) is 31.7 Å². The molecule has 1 aliphatic rings. The van der Waals surface area contributed by atoms with Crippen LogP contribution in [0.3, 0.4) is 0 Å². The summed E-state index contributed by atoms with van der Waals surface area (Å²) in [5, 5.41) is 18.0. The van der Waals surface area contributed by atoms with E-state index in [2.05, 4.69) is 0 Å². The van der Waals surface area contributed by atoms with Gasteiger partial charge in [0.15, 0.2) is 0 Å². The summed E-state index contributed by atoms with van der Waals surface area (Å²) in [6, 6.07) is 7.85. The number of alkyl halides is 3. The van der Waals surface area contributed by atoms with E-state index in [1.807, 2.05) is 6.07 Å². The van der Waals surface area contributed by atoms with Crippen LogP contribution in [0.1, 0.15) is 29.3 Å². The third-order valence-electron chi connectivity index (χ3n) is 4.79. The molecule has 2 rings (SSSR count). The van der Waals surface area contributed by atoms with Gasteiger partial charge in [0.2, 0.25) is 6.10 Å². The highest BCUT2D eigenvalue weighted by molar-refractivity contribution is 5.94. The fourth-order valence-corrected chi connectivity index (χ4v) is 3.26. The predicted octanol–water partition coefficient (Wildman–Crippen LogP) is 1.79. The van der Waals surface area contributed by atoms with E-state index in [0.717, 1.165) is 4.90 Å². The highest BCUT2D eigenvalue weighted by Crippen LogP contribution is 2.26. The van der Waals surface area contributed by atoms with Gasteiger partial charge in [-0.15, -0.1) is 0 Å². The Kier molecular flexibility index (Phi) is 6.11. The molecule has 1 N–H and O–H groups in total. The van der Waals surface area contributed by atoms with Gasteiger partial charge in [-0.25, -0.2) is 0 Å². The van der Waals surface area contributed by atoms with Gasteiger partial charge in [0.05, 0.1) is 11.6 Å². The van der Waals surface area contributed by atoms with Crippen LogP contribution >= 0.6 is 0 Å². The van der Waals surface area contributed by atoms with Crippen LogP contribution in [0.2, 0.25) is 0 Å². The number of nitrogens with zero attached hydrogens (tertiary/aromatic N) is 3. The Morgan fingerprint density at radius 2 is 1.93 bits per heavy atom. The van der Waals surface area contributed by atoms with Crippen LogP contribution in [0.25, 0.3) is 0 Å². The summed E-state index contributed by atoms with van der Waals surface area (Å²) < 4.78 is 37.6. The lowest BCUT2D eigenvalue weighted by molar-refractivity contribution is -0.211. The van der Waals surface area contributed by atoms with E-state index in [1.165, 1.54) is 17.0 Å². The molecule has 9 heteroatoms. The number of carbonyl (C=O) groups excluding carboxylic acids is 2. The van der Waals surface area contributed by atoms with Gasteiger partial charge in [-0.2, -0.15) is 18.4 Å². The molecular weight excluding hydrogens is 363 g/mol. The minimum Gasteiger partial charge on any atom is -0.376 e. The van der Waals surface area contributed by atoms with Crippen LogP contribution < -0.4 is 0 Å². The Balaban J connectivity index is 2.03. The van der Waals surface area contributed by atoms with E-state index >= 15 is 0 Å². The summed E-state index contributed by atoms with van der Waals surface area (Å²) in [5.74, 6) is -1.91. The Hall–Kier alpha value is -2.60. The first-order valence-electron chi connectivity index (χ1n) is 8.37. The second-order valence-corrected chi connectivity index (χ2v) is 6.67. The van der Waals surface area contributed by atoms with E-state index in [4.69, 9.17) is 10.4 Å². The molecular formula is C18H20F3N3O3. The second-order valence-electron chi connectivity index (χ2n) is 6.67. The summed E-state index contributed by atoms with van der Waals surface area (Å²) >= 11 is 0. The van der Waals surface area contributed by atoms with Crippen molar-refractivity contribution in [3.8, 4) is 6.07 Å². The van der Waals surface area contributed by atoms with Crippen molar-refractivity contribution in [2.75, 3.05) is 20.1 Å². The Labute approximate surface area is 154 Å². The summed E-state index contributed by atoms with van der Waals surface area (Å²) in [5.41, 5.74) is 0.826. The number of benzene rings is 1. The first-order valence-corrected chi connectivity index (χ1v) is 8.37. The van der Waals surface area contributed by atoms with Crippen LogP contribution in [-0.4, -0.2) is 65.2 Å². The number of hydrogen-bond donors (Lipinski definition) is 1. The molecule has 6 nitrogen and oxygen atoms in total. The molecule has 2 amide bonds. The minimum absolute atomic E-state index is 0.0155. The highest BCUT2D eigenvalue weighted by atomic mass is 19.4. The lowest BCUT2D eigenvalue weighted by atomic mass is 9.91. The Morgan fingerprint density at radius 1 is 1.33 bits per heavy atom. The molecule has 1 aromatic rings. The average molecular weight is 383 g/mol. The zero-order chi connectivity index (χ0) is 20.4. The normalized spacial score (nSPS) is 21.3. The third-order valence-corrected chi connectivity index (χ3v) is 4.79. The van der Waals surface area contributed by atoms with Crippen LogP contribution in [0.15, 0.2) is 24.3 Å². The van der Waals surface area contributed by atoms with Crippen LogP contribution in [0.4, 0.5) is 13.2 Å². The third kappa shape index (κ3) is 4.57. The van der Waals surface area contributed by atoms with Gasteiger partial charge in [-0.1, -0.05) is 6.92 Å². The highest BCUT2D eigenvalue weighted by Gasteiger charge is 2.46. The molecule has 27 heavy (non-hydrogen) atoms. The van der Waals surface area contributed by atoms with E-state index in [9.17, 15) is 22.8 Å². The lowest BCUT2D eigenvalue weighted by Crippen LogP contribution is -2.55. The van der Waals surface area contributed by atoms with Crippen LogP contribution in [0.5, 0.6) is 0 Å². The molecule has 0 saturated carbocycles. The fourth-order valence-electron chi connectivity index (χ4n) is 3.26. The molecule has 0 spiro atoms. The lowest BCUT2D eigenvalue weighted by Gasteiger charge is -2.41. The molecule has 0 aromatic heterocycles. The maximum atomic E-state index is 12.6. The molecule has 1 aromatic carbocycles. The van der Waals surface area contributed by atoms with E-state index in [-0.39, 0.29) is 31.0 Å². The van der Waals surface area contributed by atoms with Crippen LogP contribution in [-0.2, 0) is 4.79 Å². The number of nitriles is 1. The van der Waals surface area contributed by atoms with Crippen molar-refractivity contribution in [3.05, 3.63) is 35.4 Å². The van der Waals surface area contributed by atoms with Crippen molar-refractivity contribution in [1.29, 1.82) is 5.26 Å². The maximum absolute atomic E-state index is 12.6. The fraction of sp³-hybridized carbons (Fsp3) is 0.500. The number of carbonyl (C=O) groups is 2. The zero-order valence-corrected chi connectivity index (χ0v) is 14.9. The number of likely N-dealkylation sites (tertiary alicyclic amines) is 1. The molecule has 0 radical (unpaired) electrons. The van der Waals surface area contributed by atoms with Gasteiger partial charge in [0.1, 0.15) is 0 Å². The largest absolute Gasteiger partial charge is 0.423 e. The van der Waals surface area contributed by atoms with Gasteiger partial charge >= 0.3 is 6.18 Å². The molecule has 146 valence electrons. The summed E-state index contributed by atoms with van der Waals surface area (Å²) in [7, 11) is 1.60. The molecule has 0 unspecified atom stereocenters. The zero-order valence-electron chi connectivity index (χ0n) is 14.9. The number of rotatable bonds is 3. The Morgan fingerprint density at radius 3 is 2.41 bits per heavy atom. The van der Waals surface area contributed by atoms with Crippen molar-refractivity contribution in [1.82, 2.24) is 9.80 Å².